The lowest BCUT2D eigenvalue weighted by molar-refractivity contribution is -0.345. The van der Waals surface area contributed by atoms with Gasteiger partial charge in [0.05, 0.1) is 12.8 Å². The second-order valence-corrected chi connectivity index (χ2v) is 8.93. The van der Waals surface area contributed by atoms with Crippen LogP contribution in [-0.4, -0.2) is 89.8 Å². The molecule has 0 saturated carbocycles. The molecule has 2 N–H and O–H groups in total. The highest BCUT2D eigenvalue weighted by Gasteiger charge is 2.79. The second kappa shape index (κ2) is 10.4. The minimum absolute atomic E-state index is 2.97. The van der Waals surface area contributed by atoms with Crippen molar-refractivity contribution in [3.8, 4) is 0 Å². The van der Waals surface area contributed by atoms with Crippen molar-refractivity contribution in [2.45, 2.75) is 66.0 Å². The van der Waals surface area contributed by atoms with Crippen LogP contribution in [0.15, 0.2) is 0 Å². The average molecular weight is 626 g/mol. The number of hydrogen-bond acceptors (Lipinski definition) is 5. The molecule has 0 aromatic carbocycles. The zero-order valence-corrected chi connectivity index (χ0v) is 18.0. The van der Waals surface area contributed by atoms with Gasteiger partial charge in [-0.3, -0.25) is 14.1 Å². The van der Waals surface area contributed by atoms with Crippen molar-refractivity contribution in [2.24, 2.45) is 0 Å². The smallest absolute Gasteiger partial charge is 0.381 e. The van der Waals surface area contributed by atoms with Crippen LogP contribution in [0.1, 0.15) is 12.8 Å². The summed E-state index contributed by atoms with van der Waals surface area (Å²) >= 11 is 0. The normalized spacial score (nSPS) is 16.5. The molecule has 226 valence electrons. The van der Waals surface area contributed by atoms with Crippen molar-refractivity contribution in [2.75, 3.05) is 6.61 Å². The van der Waals surface area contributed by atoms with E-state index < -0.39 is 94.6 Å². The first kappa shape index (κ1) is 35.7. The molecule has 0 aliphatic carbocycles. The molecule has 0 aromatic heterocycles. The van der Waals surface area contributed by atoms with Crippen molar-refractivity contribution < 1.29 is 103 Å². The SMILES string of the molecule is O=C(O)CC(CC(F)(F)C(F)(F)C(F)(F)C(F)F)(C(=O)OCC(F)(F)C(F)(F)C(F)(F)C(F)F)S(=O)(=O)O. The largest absolute Gasteiger partial charge is 0.481 e. The second-order valence-electron chi connectivity index (χ2n) is 7.20. The Bertz CT molecular complexity index is 996. The summed E-state index contributed by atoms with van der Waals surface area (Å²) < 4.78 is 239. The van der Waals surface area contributed by atoms with Gasteiger partial charge in [0.25, 0.3) is 10.1 Å². The summed E-state index contributed by atoms with van der Waals surface area (Å²) in [5, 5.41) is 8.60. The van der Waals surface area contributed by atoms with Crippen LogP contribution in [0, 0.1) is 0 Å². The fraction of sp³-hybridized carbons (Fsp3) is 0.857. The van der Waals surface area contributed by atoms with Crippen LogP contribution >= 0.6 is 0 Å². The molecular formula is C14H10F16O7S. The molecule has 0 spiro atoms. The number of carbonyl (C=O) groups excluding carboxylic acids is 1. The Labute approximate surface area is 198 Å². The molecule has 0 aliphatic heterocycles. The highest BCUT2D eigenvalue weighted by Crippen LogP contribution is 2.53. The van der Waals surface area contributed by atoms with Gasteiger partial charge in [0.2, 0.25) is 4.75 Å². The van der Waals surface area contributed by atoms with Gasteiger partial charge in [0.1, 0.15) is 0 Å². The van der Waals surface area contributed by atoms with Gasteiger partial charge in [0.15, 0.2) is 6.61 Å². The summed E-state index contributed by atoms with van der Waals surface area (Å²) in [6.07, 6.45) is -18.3. The molecular weight excluding hydrogens is 616 g/mol. The maximum absolute atomic E-state index is 14.0. The Morgan fingerprint density at radius 1 is 0.711 bits per heavy atom. The van der Waals surface area contributed by atoms with E-state index in [1.54, 1.807) is 0 Å². The number of esters is 1. The van der Waals surface area contributed by atoms with E-state index in [1.807, 2.05) is 0 Å². The van der Waals surface area contributed by atoms with Gasteiger partial charge < -0.3 is 9.84 Å². The van der Waals surface area contributed by atoms with Crippen LogP contribution in [-0.2, 0) is 24.4 Å². The molecule has 1 atom stereocenters. The number of carboxylic acids is 1. The van der Waals surface area contributed by atoms with Crippen LogP contribution in [0.25, 0.3) is 0 Å². The fourth-order valence-electron chi connectivity index (χ4n) is 2.35. The Morgan fingerprint density at radius 3 is 1.34 bits per heavy atom. The van der Waals surface area contributed by atoms with E-state index in [9.17, 15) is 88.3 Å². The molecule has 0 amide bonds. The van der Waals surface area contributed by atoms with Gasteiger partial charge in [-0.15, -0.1) is 0 Å². The minimum atomic E-state index is -7.43. The third-order valence-corrected chi connectivity index (χ3v) is 5.94. The van der Waals surface area contributed by atoms with Gasteiger partial charge in [-0.1, -0.05) is 0 Å². The van der Waals surface area contributed by atoms with Crippen LogP contribution < -0.4 is 0 Å². The van der Waals surface area contributed by atoms with E-state index in [1.165, 1.54) is 0 Å². The Hall–Kier alpha value is -2.27. The standard InChI is InChI=1S/C14H10F16O7S/c15-5(16)11(23,24)13(27,28)9(19,20)2-8(1-4(31)32,38(34,35)36)7(33)37-3-10(21,22)14(29,30)12(25,26)6(17)18/h5-6H,1-3H2,(H,31,32)(H,34,35,36). The molecule has 0 saturated heterocycles. The molecule has 0 radical (unpaired) electrons. The van der Waals surface area contributed by atoms with Gasteiger partial charge in [-0.25, -0.2) is 17.6 Å². The molecule has 1 unspecified atom stereocenters. The van der Waals surface area contributed by atoms with E-state index in [0.29, 0.717) is 0 Å². The first-order valence-corrected chi connectivity index (χ1v) is 10.0. The monoisotopic (exact) mass is 626 g/mol. The van der Waals surface area contributed by atoms with Crippen LogP contribution in [0.3, 0.4) is 0 Å². The zero-order chi connectivity index (χ0) is 31.1. The van der Waals surface area contributed by atoms with E-state index >= 15 is 0 Å². The van der Waals surface area contributed by atoms with Gasteiger partial charge >= 0.3 is 60.3 Å². The first-order chi connectivity index (χ1) is 16.4. The van der Waals surface area contributed by atoms with E-state index in [4.69, 9.17) is 9.66 Å². The summed E-state index contributed by atoms with van der Waals surface area (Å²) in [5.41, 5.74) is 0. The third-order valence-electron chi connectivity index (χ3n) is 4.50. The Balaban J connectivity index is 6.78. The average Bonchev–Trinajstić information content (AvgIpc) is 2.69. The molecule has 7 nitrogen and oxygen atoms in total. The number of aliphatic carboxylic acids is 1. The van der Waals surface area contributed by atoms with E-state index in [2.05, 4.69) is 4.74 Å². The number of halogens is 16. The number of carbonyl (C=O) groups is 2. The molecule has 24 heteroatoms. The van der Waals surface area contributed by atoms with Crippen molar-refractivity contribution in [1.29, 1.82) is 0 Å². The summed E-state index contributed by atoms with van der Waals surface area (Å²) in [6, 6.07) is 0. The molecule has 0 heterocycles. The number of rotatable bonds is 14. The topological polar surface area (TPSA) is 118 Å². The summed E-state index contributed by atoms with van der Waals surface area (Å²) in [5.74, 6) is -49.1. The lowest BCUT2D eigenvalue weighted by atomic mass is 9.90. The maximum Gasteiger partial charge on any atom is 0.381 e. The van der Waals surface area contributed by atoms with Crippen molar-refractivity contribution in [1.82, 2.24) is 0 Å². The molecule has 0 fully saturated rings. The number of alkyl halides is 16. The fourth-order valence-corrected chi connectivity index (χ4v) is 3.29. The first-order valence-electron chi connectivity index (χ1n) is 8.58. The lowest BCUT2D eigenvalue weighted by Gasteiger charge is -2.37. The van der Waals surface area contributed by atoms with Crippen molar-refractivity contribution in [3.05, 3.63) is 0 Å². The maximum atomic E-state index is 14.0. The summed E-state index contributed by atoms with van der Waals surface area (Å²) in [6.45, 7) is -3.73. The highest BCUT2D eigenvalue weighted by molar-refractivity contribution is 7.88. The highest BCUT2D eigenvalue weighted by atomic mass is 32.2. The summed E-state index contributed by atoms with van der Waals surface area (Å²) in [7, 11) is -7.13. The minimum Gasteiger partial charge on any atom is -0.481 e. The molecule has 0 aliphatic rings. The predicted octanol–water partition coefficient (Wildman–Crippen LogP) is 4.36. The van der Waals surface area contributed by atoms with Crippen molar-refractivity contribution >= 4 is 22.1 Å². The van der Waals surface area contributed by atoms with Gasteiger partial charge in [0, 0.05) is 0 Å². The van der Waals surface area contributed by atoms with Crippen LogP contribution in [0.2, 0.25) is 0 Å². The third kappa shape index (κ3) is 5.98. The van der Waals surface area contributed by atoms with E-state index in [0.717, 1.165) is 0 Å². The van der Waals surface area contributed by atoms with E-state index in [-0.39, 0.29) is 0 Å². The Morgan fingerprint density at radius 2 is 1.05 bits per heavy atom. The summed E-state index contributed by atoms with van der Waals surface area (Å²) in [4.78, 5) is 22.8. The van der Waals surface area contributed by atoms with Crippen molar-refractivity contribution in [3.63, 3.8) is 0 Å². The number of hydrogen-bond donors (Lipinski definition) is 2. The lowest BCUT2D eigenvalue weighted by Crippen LogP contribution is -2.63. The Kier molecular flexibility index (Phi) is 9.75. The number of carboxylic acid groups (broad SMARTS) is 1. The molecule has 38 heavy (non-hydrogen) atoms. The molecule has 0 bridgehead atoms. The molecule has 0 aromatic rings. The zero-order valence-electron chi connectivity index (χ0n) is 17.2. The quantitative estimate of drug-likeness (QED) is 0.167. The van der Waals surface area contributed by atoms with Gasteiger partial charge in [-0.2, -0.15) is 61.1 Å². The predicted molar refractivity (Wildman–Crippen MR) is 83.8 cm³/mol. The molecule has 0 rings (SSSR count). The van der Waals surface area contributed by atoms with Gasteiger partial charge in [-0.05, 0) is 0 Å². The van der Waals surface area contributed by atoms with Crippen LogP contribution in [0.4, 0.5) is 70.2 Å². The number of ether oxygens (including phenoxy) is 1. The van der Waals surface area contributed by atoms with Crippen LogP contribution in [0.5, 0.6) is 0 Å².